The number of aliphatic imine (C=N–C) groups is 1. The van der Waals surface area contributed by atoms with E-state index in [2.05, 4.69) is 11.9 Å². The van der Waals surface area contributed by atoms with Crippen LogP contribution in [0.2, 0.25) is 0 Å². The predicted octanol–water partition coefficient (Wildman–Crippen LogP) is 6.46. The summed E-state index contributed by atoms with van der Waals surface area (Å²) in [7, 11) is 5.52. The molecule has 0 saturated heterocycles. The summed E-state index contributed by atoms with van der Waals surface area (Å²) in [5, 5.41) is 28.1. The summed E-state index contributed by atoms with van der Waals surface area (Å²) in [6.45, 7) is 5.58. The van der Waals surface area contributed by atoms with Crippen molar-refractivity contribution in [3.8, 4) is 0 Å². The molecule has 1 rings (SSSR count). The van der Waals surface area contributed by atoms with Crippen LogP contribution < -0.4 is 0 Å². The summed E-state index contributed by atoms with van der Waals surface area (Å²) in [4.78, 5) is 26.0. The lowest BCUT2D eigenvalue weighted by Crippen LogP contribution is -2.60. The highest BCUT2D eigenvalue weighted by Crippen LogP contribution is 2.25. The van der Waals surface area contributed by atoms with Crippen LogP contribution in [0.15, 0.2) is 4.99 Å². The molecule has 0 aliphatic carbocycles. The standard InChI is InChI=1S/C26H50N2O3.C5H11NO2/c1-3-5-6-7-8-9-10-11-12-13-14-15-16-17-18-19-20-24-27-21-22-28(24,23-26(30)31)25(29)4-2;1-6(2,3)4-5(7)8/h25,29H,3-23H2,1-2H3;4H2,1-3H3/p+2. The third-order valence-corrected chi connectivity index (χ3v) is 7.52. The molecule has 230 valence electrons. The molecule has 0 bridgehead atoms. The number of carbonyl (C=O) groups is 2. The van der Waals surface area contributed by atoms with Gasteiger partial charge in [0.15, 0.2) is 19.3 Å². The number of carboxylic acids is 2. The van der Waals surface area contributed by atoms with Crippen LogP contribution in [0.1, 0.15) is 129 Å². The van der Waals surface area contributed by atoms with Crippen molar-refractivity contribution in [1.29, 1.82) is 0 Å². The quantitative estimate of drug-likeness (QED) is 0.0987. The minimum Gasteiger partial charge on any atom is -0.477 e. The van der Waals surface area contributed by atoms with Crippen LogP contribution in [0.5, 0.6) is 0 Å². The van der Waals surface area contributed by atoms with Crippen molar-refractivity contribution in [2.45, 2.75) is 136 Å². The topological polar surface area (TPSA) is 107 Å². The molecule has 0 amide bonds. The SMILES string of the molecule is CCCCCCCCCCCCCCCCCCC1=NCC[N+]1(CC(=O)O)C(O)CC.C[N+](C)(C)CC(=O)O. The summed E-state index contributed by atoms with van der Waals surface area (Å²) in [5.74, 6) is -0.700. The Kier molecular flexibility index (Phi) is 21.4. The maximum Gasteiger partial charge on any atom is 0.359 e. The van der Waals surface area contributed by atoms with E-state index in [1.165, 1.54) is 96.3 Å². The molecule has 8 nitrogen and oxygen atoms in total. The largest absolute Gasteiger partial charge is 0.477 e. The Morgan fingerprint density at radius 2 is 1.21 bits per heavy atom. The smallest absolute Gasteiger partial charge is 0.359 e. The molecule has 0 spiro atoms. The minimum atomic E-state index is -0.853. The Bertz CT molecular complexity index is 678. The molecule has 8 heteroatoms. The predicted molar refractivity (Wildman–Crippen MR) is 161 cm³/mol. The fourth-order valence-corrected chi connectivity index (χ4v) is 5.35. The monoisotopic (exact) mass is 557 g/mol. The third-order valence-electron chi connectivity index (χ3n) is 7.52. The maximum atomic E-state index is 11.4. The van der Waals surface area contributed by atoms with Crippen molar-refractivity contribution >= 4 is 17.8 Å². The lowest BCUT2D eigenvalue weighted by atomic mass is 10.0. The number of quaternary nitrogens is 2. The molecule has 0 aromatic heterocycles. The number of unbranched alkanes of at least 4 members (excludes halogenated alkanes) is 15. The van der Waals surface area contributed by atoms with E-state index in [0.717, 1.165) is 18.7 Å². The zero-order valence-corrected chi connectivity index (χ0v) is 26.1. The first-order valence-electron chi connectivity index (χ1n) is 15.8. The molecule has 1 aliphatic heterocycles. The van der Waals surface area contributed by atoms with E-state index in [4.69, 9.17) is 5.11 Å². The van der Waals surface area contributed by atoms with E-state index >= 15 is 0 Å². The van der Waals surface area contributed by atoms with Gasteiger partial charge in [-0.05, 0) is 6.42 Å². The first kappa shape index (κ1) is 37.5. The van der Waals surface area contributed by atoms with Crippen molar-refractivity contribution in [1.82, 2.24) is 0 Å². The molecule has 1 aliphatic rings. The van der Waals surface area contributed by atoms with Gasteiger partial charge in [-0.1, -0.05) is 110 Å². The molecule has 0 radical (unpaired) electrons. The second kappa shape index (κ2) is 22.2. The molecule has 0 aromatic rings. The van der Waals surface area contributed by atoms with E-state index in [9.17, 15) is 19.8 Å². The molecular formula is C31H63N3O5+2. The van der Waals surface area contributed by atoms with Crippen LogP contribution in [-0.2, 0) is 9.59 Å². The minimum absolute atomic E-state index is 0.0489. The highest BCUT2D eigenvalue weighted by molar-refractivity contribution is 5.80. The average molecular weight is 558 g/mol. The lowest BCUT2D eigenvalue weighted by molar-refractivity contribution is -0.879. The fraction of sp³-hybridized carbons (Fsp3) is 0.903. The summed E-state index contributed by atoms with van der Waals surface area (Å²) in [6, 6.07) is 0. The Hall–Kier alpha value is -1.51. The second-order valence-electron chi connectivity index (χ2n) is 12.4. The Morgan fingerprint density at radius 3 is 1.54 bits per heavy atom. The zero-order chi connectivity index (χ0) is 29.6. The van der Waals surface area contributed by atoms with Gasteiger partial charge in [-0.2, -0.15) is 0 Å². The van der Waals surface area contributed by atoms with Gasteiger partial charge in [-0.25, -0.2) is 19.1 Å². The lowest BCUT2D eigenvalue weighted by Gasteiger charge is -2.37. The van der Waals surface area contributed by atoms with E-state index in [1.807, 2.05) is 28.1 Å². The second-order valence-corrected chi connectivity index (χ2v) is 12.4. The number of amidine groups is 1. The highest BCUT2D eigenvalue weighted by Gasteiger charge is 2.44. The molecule has 2 atom stereocenters. The van der Waals surface area contributed by atoms with E-state index in [1.54, 1.807) is 0 Å². The fourth-order valence-electron chi connectivity index (χ4n) is 5.35. The number of hydrogen-bond donors (Lipinski definition) is 3. The molecule has 0 aromatic carbocycles. The van der Waals surface area contributed by atoms with E-state index in [-0.39, 0.29) is 17.6 Å². The van der Waals surface area contributed by atoms with Gasteiger partial charge in [0, 0.05) is 12.8 Å². The molecule has 0 saturated carbocycles. The van der Waals surface area contributed by atoms with Gasteiger partial charge in [0.2, 0.25) is 5.84 Å². The molecule has 1 heterocycles. The molecule has 3 N–H and O–H groups in total. The van der Waals surface area contributed by atoms with Crippen LogP contribution in [0.25, 0.3) is 0 Å². The first-order chi connectivity index (χ1) is 18.5. The summed E-state index contributed by atoms with van der Waals surface area (Å²) in [5.41, 5.74) is 0. The number of carboxylic acid groups (broad SMARTS) is 2. The van der Waals surface area contributed by atoms with E-state index in [0.29, 0.717) is 24.0 Å². The van der Waals surface area contributed by atoms with Gasteiger partial charge in [-0.3, -0.25) is 0 Å². The molecule has 2 unspecified atom stereocenters. The summed E-state index contributed by atoms with van der Waals surface area (Å²) >= 11 is 0. The number of aliphatic carboxylic acids is 2. The van der Waals surface area contributed by atoms with Crippen LogP contribution in [0, 0.1) is 0 Å². The van der Waals surface area contributed by atoms with Gasteiger partial charge < -0.3 is 19.8 Å². The summed E-state index contributed by atoms with van der Waals surface area (Å²) in [6.07, 6.45) is 22.3. The number of hydrogen-bond acceptors (Lipinski definition) is 4. The van der Waals surface area contributed by atoms with Gasteiger partial charge >= 0.3 is 11.9 Å². The molecule has 39 heavy (non-hydrogen) atoms. The number of likely N-dealkylation sites (N-methyl/N-ethyl adjacent to an activating group) is 1. The normalized spacial score (nSPS) is 17.8. The first-order valence-corrected chi connectivity index (χ1v) is 15.8. The number of aliphatic hydroxyl groups excluding tert-OH is 1. The average Bonchev–Trinajstić information content (AvgIpc) is 3.24. The van der Waals surface area contributed by atoms with Crippen molar-refractivity contribution in [3.63, 3.8) is 0 Å². The van der Waals surface area contributed by atoms with Gasteiger partial charge in [0.1, 0.15) is 6.54 Å². The zero-order valence-electron chi connectivity index (χ0n) is 26.1. The Morgan fingerprint density at radius 1 is 0.769 bits per heavy atom. The van der Waals surface area contributed by atoms with Gasteiger partial charge in [0.05, 0.1) is 27.7 Å². The highest BCUT2D eigenvalue weighted by atomic mass is 16.4. The van der Waals surface area contributed by atoms with Crippen LogP contribution >= 0.6 is 0 Å². The molecule has 0 fully saturated rings. The van der Waals surface area contributed by atoms with Crippen molar-refractivity contribution in [2.75, 3.05) is 47.3 Å². The molecular weight excluding hydrogens is 494 g/mol. The van der Waals surface area contributed by atoms with Crippen LogP contribution in [-0.4, -0.2) is 95.6 Å². The van der Waals surface area contributed by atoms with Crippen molar-refractivity contribution in [2.24, 2.45) is 4.99 Å². The number of rotatable bonds is 23. The Balaban J connectivity index is 0.00000156. The van der Waals surface area contributed by atoms with E-state index < -0.39 is 18.2 Å². The van der Waals surface area contributed by atoms with Gasteiger partial charge in [0.25, 0.3) is 0 Å². The van der Waals surface area contributed by atoms with Crippen LogP contribution in [0.3, 0.4) is 0 Å². The third kappa shape index (κ3) is 19.2. The van der Waals surface area contributed by atoms with Crippen LogP contribution in [0.4, 0.5) is 0 Å². The maximum absolute atomic E-state index is 11.4. The number of aliphatic hydroxyl groups is 1. The number of nitrogens with zero attached hydrogens (tertiary/aromatic N) is 3. The summed E-state index contributed by atoms with van der Waals surface area (Å²) < 4.78 is 0.639. The van der Waals surface area contributed by atoms with Gasteiger partial charge in [-0.15, -0.1) is 0 Å². The van der Waals surface area contributed by atoms with Crippen molar-refractivity contribution in [3.05, 3.63) is 0 Å². The Labute approximate surface area is 239 Å². The van der Waals surface area contributed by atoms with Crippen molar-refractivity contribution < 1.29 is 33.9 Å².